The first-order chi connectivity index (χ1) is 16.1. The molecule has 0 amide bonds. The molecule has 1 aliphatic rings. The maximum absolute atomic E-state index is 12.7. The van der Waals surface area contributed by atoms with Gasteiger partial charge in [0.15, 0.2) is 0 Å². The Labute approximate surface area is 202 Å². The molecule has 2 aromatic rings. The number of benzene rings is 1. The van der Waals surface area contributed by atoms with E-state index in [1.54, 1.807) is 6.07 Å². The van der Waals surface area contributed by atoms with Crippen LogP contribution in [0.25, 0.3) is 0 Å². The van der Waals surface area contributed by atoms with Gasteiger partial charge in [0.05, 0.1) is 6.61 Å². The highest BCUT2D eigenvalue weighted by molar-refractivity contribution is 5.34. The molecule has 0 bridgehead atoms. The van der Waals surface area contributed by atoms with Crippen LogP contribution in [-0.2, 0) is 12.8 Å². The van der Waals surface area contributed by atoms with E-state index >= 15 is 0 Å². The van der Waals surface area contributed by atoms with Crippen molar-refractivity contribution in [2.24, 2.45) is 5.92 Å². The quantitative estimate of drug-likeness (QED) is 0.426. The second kappa shape index (κ2) is 23.1. The van der Waals surface area contributed by atoms with Gasteiger partial charge >= 0.3 is 0 Å². The lowest BCUT2D eigenvalue weighted by Gasteiger charge is -2.08. The van der Waals surface area contributed by atoms with E-state index in [1.807, 2.05) is 53.7 Å². The smallest absolute Gasteiger partial charge is 0.123 e. The van der Waals surface area contributed by atoms with E-state index < -0.39 is 0 Å². The predicted molar refractivity (Wildman–Crippen MR) is 142 cm³/mol. The zero-order valence-electron chi connectivity index (χ0n) is 22.0. The summed E-state index contributed by atoms with van der Waals surface area (Å²) < 4.78 is 12.7. The SMILES string of the molecule is CC.CC.CC.Cc1cc(N)nc(CC2CCNC2)c1.OCCNCCc1cccc(F)c1. The van der Waals surface area contributed by atoms with Crippen LogP contribution >= 0.6 is 0 Å². The Hall–Kier alpha value is -2.02. The number of nitrogens with zero attached hydrogens (tertiary/aromatic N) is 1. The van der Waals surface area contributed by atoms with Gasteiger partial charge in [-0.15, -0.1) is 0 Å². The molecule has 5 nitrogen and oxygen atoms in total. The zero-order valence-corrected chi connectivity index (χ0v) is 22.0. The van der Waals surface area contributed by atoms with Crippen molar-refractivity contribution in [2.45, 2.75) is 67.7 Å². The molecule has 1 aromatic carbocycles. The largest absolute Gasteiger partial charge is 0.395 e. The highest BCUT2D eigenvalue weighted by atomic mass is 19.1. The van der Waals surface area contributed by atoms with Crippen molar-refractivity contribution >= 4 is 5.82 Å². The van der Waals surface area contributed by atoms with Crippen LogP contribution in [-0.4, -0.2) is 42.9 Å². The Morgan fingerprint density at radius 1 is 1.09 bits per heavy atom. The summed E-state index contributed by atoms with van der Waals surface area (Å²) >= 11 is 0. The Bertz CT molecular complexity index is 671. The van der Waals surface area contributed by atoms with E-state index in [4.69, 9.17) is 10.8 Å². The Kier molecular flexibility index (Phi) is 23.3. The maximum Gasteiger partial charge on any atom is 0.123 e. The molecule has 1 saturated heterocycles. The van der Waals surface area contributed by atoms with Crippen LogP contribution in [0.3, 0.4) is 0 Å². The molecule has 1 fully saturated rings. The fourth-order valence-electron chi connectivity index (χ4n) is 3.19. The number of nitrogens with one attached hydrogen (secondary N) is 2. The van der Waals surface area contributed by atoms with E-state index in [9.17, 15) is 4.39 Å². The molecule has 5 N–H and O–H groups in total. The summed E-state index contributed by atoms with van der Waals surface area (Å²) in [7, 11) is 0. The second-order valence-corrected chi connectivity index (χ2v) is 6.98. The van der Waals surface area contributed by atoms with Crippen molar-refractivity contribution in [3.05, 3.63) is 59.0 Å². The number of rotatable bonds is 7. The second-order valence-electron chi connectivity index (χ2n) is 6.98. The highest BCUT2D eigenvalue weighted by Crippen LogP contribution is 2.15. The fourth-order valence-corrected chi connectivity index (χ4v) is 3.19. The first kappa shape index (κ1) is 33.2. The average Bonchev–Trinajstić information content (AvgIpc) is 3.34. The summed E-state index contributed by atoms with van der Waals surface area (Å²) in [5.74, 6) is 1.19. The van der Waals surface area contributed by atoms with Crippen LogP contribution in [0.2, 0.25) is 0 Å². The molecule has 0 saturated carbocycles. The summed E-state index contributed by atoms with van der Waals surface area (Å²) in [4.78, 5) is 4.35. The molecule has 2 heterocycles. The first-order valence-electron chi connectivity index (χ1n) is 12.6. The zero-order chi connectivity index (χ0) is 25.5. The number of aryl methyl sites for hydroxylation is 1. The van der Waals surface area contributed by atoms with Crippen molar-refractivity contribution < 1.29 is 9.50 Å². The normalized spacial score (nSPS) is 13.7. The Morgan fingerprint density at radius 2 is 1.79 bits per heavy atom. The fraction of sp³-hybridized carbons (Fsp3) is 0.593. The molecule has 3 rings (SSSR count). The minimum atomic E-state index is -0.195. The lowest BCUT2D eigenvalue weighted by Crippen LogP contribution is -2.20. The van der Waals surface area contributed by atoms with E-state index in [0.29, 0.717) is 12.4 Å². The molecule has 0 aliphatic carbocycles. The van der Waals surface area contributed by atoms with Crippen LogP contribution in [0.5, 0.6) is 0 Å². The van der Waals surface area contributed by atoms with Crippen LogP contribution in [0.1, 0.15) is 64.8 Å². The standard InChI is InChI=1S/C11H17N3.C10H14FNO.3C2H6/c1-8-4-10(14-11(12)5-8)6-9-2-3-13-7-9;11-10-3-1-2-9(8-10)4-5-12-6-7-13;3*1-2/h4-5,9,13H,2-3,6-7H2,1H3,(H2,12,14);1-3,8,12-13H,4-7H2;3*1-2H3. The number of halogens is 1. The molecule has 1 aromatic heterocycles. The minimum absolute atomic E-state index is 0.142. The highest BCUT2D eigenvalue weighted by Gasteiger charge is 2.15. The maximum atomic E-state index is 12.7. The molecule has 33 heavy (non-hydrogen) atoms. The van der Waals surface area contributed by atoms with Crippen molar-refractivity contribution in [3.8, 4) is 0 Å². The molecule has 1 unspecified atom stereocenters. The average molecular weight is 465 g/mol. The Morgan fingerprint density at radius 3 is 2.33 bits per heavy atom. The third-order valence-electron chi connectivity index (χ3n) is 4.47. The van der Waals surface area contributed by atoms with Gasteiger partial charge < -0.3 is 21.5 Å². The number of aromatic nitrogens is 1. The van der Waals surface area contributed by atoms with Gasteiger partial charge in [0, 0.05) is 12.2 Å². The van der Waals surface area contributed by atoms with Gasteiger partial charge in [0.25, 0.3) is 0 Å². The predicted octanol–water partition coefficient (Wildman–Crippen LogP) is 5.15. The van der Waals surface area contributed by atoms with Gasteiger partial charge in [-0.2, -0.15) is 0 Å². The third kappa shape index (κ3) is 17.2. The topological polar surface area (TPSA) is 83.2 Å². The van der Waals surface area contributed by atoms with E-state index in [-0.39, 0.29) is 12.4 Å². The molecule has 190 valence electrons. The molecule has 0 radical (unpaired) electrons. The van der Waals surface area contributed by atoms with Crippen molar-refractivity contribution in [3.63, 3.8) is 0 Å². The lowest BCUT2D eigenvalue weighted by atomic mass is 10.0. The molecule has 6 heteroatoms. The number of nitrogen functional groups attached to an aromatic ring is 1. The first-order valence-corrected chi connectivity index (χ1v) is 12.6. The number of anilines is 1. The van der Waals surface area contributed by atoms with Crippen molar-refractivity contribution in [1.82, 2.24) is 15.6 Å². The molecule has 1 atom stereocenters. The van der Waals surface area contributed by atoms with Gasteiger partial charge in [-0.25, -0.2) is 9.37 Å². The van der Waals surface area contributed by atoms with Gasteiger partial charge in [0.1, 0.15) is 11.6 Å². The number of hydrogen-bond acceptors (Lipinski definition) is 5. The summed E-state index contributed by atoms with van der Waals surface area (Å²) in [6.07, 6.45) is 3.10. The van der Waals surface area contributed by atoms with E-state index in [2.05, 4.69) is 28.6 Å². The number of aliphatic hydroxyl groups is 1. The summed E-state index contributed by atoms with van der Waals surface area (Å²) in [6, 6.07) is 10.6. The number of hydrogen-bond donors (Lipinski definition) is 4. The summed E-state index contributed by atoms with van der Waals surface area (Å²) in [5, 5.41) is 14.9. The van der Waals surface area contributed by atoms with Crippen molar-refractivity contribution in [1.29, 1.82) is 0 Å². The lowest BCUT2D eigenvalue weighted by molar-refractivity contribution is 0.293. The summed E-state index contributed by atoms with van der Waals surface area (Å²) in [5.41, 5.74) is 9.03. The van der Waals surface area contributed by atoms with E-state index in [0.717, 1.165) is 49.7 Å². The number of pyridine rings is 1. The Balaban J connectivity index is 0. The number of aliphatic hydroxyl groups excluding tert-OH is 1. The number of nitrogens with two attached hydrogens (primary N) is 1. The summed E-state index contributed by atoms with van der Waals surface area (Å²) in [6.45, 7) is 17.8. The van der Waals surface area contributed by atoms with Gasteiger partial charge in [0.2, 0.25) is 0 Å². The van der Waals surface area contributed by atoms with Crippen LogP contribution in [0, 0.1) is 18.7 Å². The van der Waals surface area contributed by atoms with Crippen LogP contribution < -0.4 is 16.4 Å². The molecular formula is C27H49FN4O. The van der Waals surface area contributed by atoms with Crippen molar-refractivity contribution in [2.75, 3.05) is 38.5 Å². The van der Waals surface area contributed by atoms with Crippen LogP contribution in [0.4, 0.5) is 10.2 Å². The molecule has 0 spiro atoms. The molecule has 1 aliphatic heterocycles. The molecular weight excluding hydrogens is 415 g/mol. The van der Waals surface area contributed by atoms with Gasteiger partial charge in [-0.3, -0.25) is 0 Å². The van der Waals surface area contributed by atoms with Gasteiger partial charge in [-0.1, -0.05) is 53.7 Å². The van der Waals surface area contributed by atoms with Gasteiger partial charge in [-0.05, 0) is 87.1 Å². The third-order valence-corrected chi connectivity index (χ3v) is 4.47. The minimum Gasteiger partial charge on any atom is -0.395 e. The monoisotopic (exact) mass is 464 g/mol. The van der Waals surface area contributed by atoms with E-state index in [1.165, 1.54) is 24.1 Å². The van der Waals surface area contributed by atoms with Crippen LogP contribution in [0.15, 0.2) is 36.4 Å².